The number of amides is 1. The molecule has 25 heavy (non-hydrogen) atoms. The molecule has 1 amide bonds. The molecular formula is C15H20ClN3O4S2. The highest BCUT2D eigenvalue weighted by Crippen LogP contribution is 2.29. The smallest absolute Gasteiger partial charge is 0.269 e. The zero-order valence-corrected chi connectivity index (χ0v) is 16.2. The van der Waals surface area contributed by atoms with Crippen LogP contribution >= 0.6 is 23.7 Å². The predicted molar refractivity (Wildman–Crippen MR) is 101 cm³/mol. The number of benzene rings is 1. The van der Waals surface area contributed by atoms with E-state index >= 15 is 0 Å². The number of halogens is 1. The molecule has 138 valence electrons. The van der Waals surface area contributed by atoms with Crippen molar-refractivity contribution >= 4 is 45.4 Å². The van der Waals surface area contributed by atoms with Gasteiger partial charge in [-0.05, 0) is 31.2 Å². The van der Waals surface area contributed by atoms with Crippen molar-refractivity contribution in [3.05, 3.63) is 40.1 Å². The summed E-state index contributed by atoms with van der Waals surface area (Å²) in [6, 6.07) is 7.79. The average Bonchev–Trinajstić information content (AvgIpc) is 2.94. The van der Waals surface area contributed by atoms with Crippen LogP contribution in [0.5, 0.6) is 5.75 Å². The van der Waals surface area contributed by atoms with Gasteiger partial charge in [-0.15, -0.1) is 23.7 Å². The summed E-state index contributed by atoms with van der Waals surface area (Å²) in [6.45, 7) is 2.22. The van der Waals surface area contributed by atoms with Gasteiger partial charge in [-0.2, -0.15) is 0 Å². The molecule has 0 aliphatic carbocycles. The van der Waals surface area contributed by atoms with E-state index in [0.717, 1.165) is 4.88 Å². The van der Waals surface area contributed by atoms with Crippen LogP contribution in [0.3, 0.4) is 0 Å². The van der Waals surface area contributed by atoms with Crippen molar-refractivity contribution in [2.24, 2.45) is 5.73 Å². The van der Waals surface area contributed by atoms with E-state index in [1.807, 2.05) is 6.92 Å². The maximum atomic E-state index is 12.4. The van der Waals surface area contributed by atoms with E-state index in [1.54, 1.807) is 18.2 Å². The van der Waals surface area contributed by atoms with Gasteiger partial charge in [0, 0.05) is 23.7 Å². The summed E-state index contributed by atoms with van der Waals surface area (Å²) in [7, 11) is -2.16. The molecule has 0 spiro atoms. The fourth-order valence-corrected chi connectivity index (χ4v) is 3.97. The number of hydrogen-bond acceptors (Lipinski definition) is 6. The van der Waals surface area contributed by atoms with Crippen LogP contribution in [0.4, 0.5) is 5.69 Å². The van der Waals surface area contributed by atoms with Crippen LogP contribution in [-0.4, -0.2) is 34.5 Å². The number of aryl methyl sites for hydroxylation is 1. The topological polar surface area (TPSA) is 111 Å². The van der Waals surface area contributed by atoms with E-state index in [1.165, 1.54) is 30.6 Å². The molecule has 0 aliphatic heterocycles. The minimum absolute atomic E-state index is 0. The molecular weight excluding hydrogens is 386 g/mol. The molecule has 7 nitrogen and oxygen atoms in total. The molecule has 0 aliphatic rings. The van der Waals surface area contributed by atoms with Gasteiger partial charge in [-0.25, -0.2) is 13.1 Å². The maximum Gasteiger partial charge on any atom is 0.269 e. The van der Waals surface area contributed by atoms with Crippen LogP contribution in [0, 0.1) is 6.92 Å². The summed E-state index contributed by atoms with van der Waals surface area (Å²) in [5.74, 6) is 0.137. The molecule has 1 aromatic heterocycles. The van der Waals surface area contributed by atoms with Crippen LogP contribution in [-0.2, 0) is 10.0 Å². The van der Waals surface area contributed by atoms with E-state index in [4.69, 9.17) is 10.5 Å². The second-order valence-electron chi connectivity index (χ2n) is 4.92. The van der Waals surface area contributed by atoms with E-state index in [0.29, 0.717) is 16.3 Å². The van der Waals surface area contributed by atoms with Gasteiger partial charge in [-0.3, -0.25) is 4.79 Å². The number of nitrogens with two attached hydrogens (primary N) is 1. The second kappa shape index (κ2) is 9.16. The van der Waals surface area contributed by atoms with Crippen LogP contribution in [0.1, 0.15) is 14.5 Å². The highest BCUT2D eigenvalue weighted by atomic mass is 35.5. The lowest BCUT2D eigenvalue weighted by Crippen LogP contribution is -2.29. The van der Waals surface area contributed by atoms with Gasteiger partial charge < -0.3 is 15.8 Å². The van der Waals surface area contributed by atoms with Crippen LogP contribution in [0.15, 0.2) is 35.2 Å². The van der Waals surface area contributed by atoms with E-state index in [9.17, 15) is 13.2 Å². The monoisotopic (exact) mass is 405 g/mol. The Kier molecular flexibility index (Phi) is 7.84. The van der Waals surface area contributed by atoms with Gasteiger partial charge >= 0.3 is 0 Å². The molecule has 0 saturated carbocycles. The third-order valence-corrected chi connectivity index (χ3v) is 5.58. The fraction of sp³-hybridized carbons (Fsp3) is 0.267. The van der Waals surface area contributed by atoms with Crippen LogP contribution < -0.4 is 20.5 Å². The fourth-order valence-electron chi connectivity index (χ4n) is 2.01. The van der Waals surface area contributed by atoms with Crippen molar-refractivity contribution in [2.45, 2.75) is 11.8 Å². The Morgan fingerprint density at radius 2 is 2.04 bits per heavy atom. The Balaban J connectivity index is 0.00000312. The number of methoxy groups -OCH3 is 1. The van der Waals surface area contributed by atoms with E-state index in [-0.39, 0.29) is 36.3 Å². The van der Waals surface area contributed by atoms with Crippen molar-refractivity contribution in [1.82, 2.24) is 4.72 Å². The normalized spacial score (nSPS) is 10.8. The molecule has 0 saturated heterocycles. The third kappa shape index (κ3) is 5.41. The van der Waals surface area contributed by atoms with E-state index < -0.39 is 10.0 Å². The number of carbonyl (C=O) groups excluding carboxylic acids is 1. The highest BCUT2D eigenvalue weighted by Gasteiger charge is 2.18. The van der Waals surface area contributed by atoms with Crippen molar-refractivity contribution in [3.8, 4) is 5.75 Å². The summed E-state index contributed by atoms with van der Waals surface area (Å²) < 4.78 is 31.8. The third-order valence-electron chi connectivity index (χ3n) is 3.09. The average molecular weight is 406 g/mol. The lowest BCUT2D eigenvalue weighted by Gasteiger charge is -2.09. The van der Waals surface area contributed by atoms with Gasteiger partial charge in [-0.1, -0.05) is 6.07 Å². The van der Waals surface area contributed by atoms with Crippen LogP contribution in [0.2, 0.25) is 0 Å². The van der Waals surface area contributed by atoms with Gasteiger partial charge in [0.05, 0.1) is 12.0 Å². The Bertz CT molecular complexity index is 837. The van der Waals surface area contributed by atoms with Gasteiger partial charge in [0.2, 0.25) is 10.0 Å². The molecule has 0 bridgehead atoms. The Morgan fingerprint density at radius 3 is 2.68 bits per heavy atom. The minimum atomic E-state index is -3.66. The van der Waals surface area contributed by atoms with E-state index in [2.05, 4.69) is 10.0 Å². The number of sulfonamides is 1. The van der Waals surface area contributed by atoms with Crippen LogP contribution in [0.25, 0.3) is 0 Å². The number of rotatable bonds is 7. The van der Waals surface area contributed by atoms with Gasteiger partial charge in [0.1, 0.15) is 10.6 Å². The molecule has 0 fully saturated rings. The molecule has 10 heteroatoms. The Hall–Kier alpha value is -1.65. The number of hydrogen-bond donors (Lipinski definition) is 3. The van der Waals surface area contributed by atoms with Crippen molar-refractivity contribution in [1.29, 1.82) is 0 Å². The number of nitrogens with one attached hydrogen (secondary N) is 2. The van der Waals surface area contributed by atoms with Crippen molar-refractivity contribution in [2.75, 3.05) is 25.5 Å². The second-order valence-corrected chi connectivity index (χ2v) is 7.95. The number of anilines is 1. The molecule has 1 heterocycles. The molecule has 0 unspecified atom stereocenters. The standard InChI is InChI=1S/C15H19N3O4S2.ClH/c1-10-8-13(22-2)14(23-10)15(19)18-11-4-3-5-12(9-11)24(20,21)17-7-6-16;/h3-5,8-9,17H,6-7,16H2,1-2H3,(H,18,19);1H. The summed E-state index contributed by atoms with van der Waals surface area (Å²) in [4.78, 5) is 13.8. The van der Waals surface area contributed by atoms with Crippen molar-refractivity contribution < 1.29 is 17.9 Å². The Morgan fingerprint density at radius 1 is 1.32 bits per heavy atom. The number of ether oxygens (including phenoxy) is 1. The first kappa shape index (κ1) is 21.4. The predicted octanol–water partition coefficient (Wildman–Crippen LogP) is 1.98. The zero-order chi connectivity index (χ0) is 17.7. The molecule has 2 aromatic rings. The molecule has 0 atom stereocenters. The number of thiophene rings is 1. The first-order valence-electron chi connectivity index (χ1n) is 7.13. The molecule has 1 aromatic carbocycles. The summed E-state index contributed by atoms with van der Waals surface area (Å²) in [5, 5.41) is 2.69. The first-order valence-corrected chi connectivity index (χ1v) is 9.43. The molecule has 2 rings (SSSR count). The first-order chi connectivity index (χ1) is 11.4. The zero-order valence-electron chi connectivity index (χ0n) is 13.7. The maximum absolute atomic E-state index is 12.4. The highest BCUT2D eigenvalue weighted by molar-refractivity contribution is 7.89. The summed E-state index contributed by atoms with van der Waals surface area (Å²) >= 11 is 1.31. The quantitative estimate of drug-likeness (QED) is 0.652. The molecule has 0 radical (unpaired) electrons. The summed E-state index contributed by atoms with van der Waals surface area (Å²) in [6.07, 6.45) is 0. The minimum Gasteiger partial charge on any atom is -0.495 e. The largest absolute Gasteiger partial charge is 0.495 e. The Labute approximate surface area is 157 Å². The van der Waals surface area contributed by atoms with Gasteiger partial charge in [0.25, 0.3) is 5.91 Å². The van der Waals surface area contributed by atoms with Crippen molar-refractivity contribution in [3.63, 3.8) is 0 Å². The molecule has 4 N–H and O–H groups in total. The lowest BCUT2D eigenvalue weighted by atomic mass is 10.3. The lowest BCUT2D eigenvalue weighted by molar-refractivity contribution is 0.102. The summed E-state index contributed by atoms with van der Waals surface area (Å²) in [5.41, 5.74) is 5.69. The number of carbonyl (C=O) groups is 1. The SMILES string of the molecule is COc1cc(C)sc1C(=O)Nc1cccc(S(=O)(=O)NCCN)c1.Cl. The van der Waals surface area contributed by atoms with Gasteiger partial charge in [0.15, 0.2) is 0 Å².